The van der Waals surface area contributed by atoms with Gasteiger partial charge in [0.2, 0.25) is 0 Å². The summed E-state index contributed by atoms with van der Waals surface area (Å²) in [5, 5.41) is 0. The van der Waals surface area contributed by atoms with Crippen molar-refractivity contribution in [2.75, 3.05) is 0 Å². The maximum absolute atomic E-state index is 5.91. The highest BCUT2D eigenvalue weighted by atomic mass is 79.9. The van der Waals surface area contributed by atoms with Gasteiger partial charge in [0.15, 0.2) is 0 Å². The van der Waals surface area contributed by atoms with Crippen LogP contribution in [0.25, 0.3) is 0 Å². The molecule has 2 aromatic carbocycles. The third kappa shape index (κ3) is 2.75. The topological polar surface area (TPSA) is 21.6 Å². The van der Waals surface area contributed by atoms with Gasteiger partial charge in [0, 0.05) is 11.3 Å². The molecule has 1 heterocycles. The molecule has 0 aromatic heterocycles. The smallest absolute Gasteiger partial charge is 0.120 e. The van der Waals surface area contributed by atoms with Gasteiger partial charge in [-0.05, 0) is 37.1 Å². The van der Waals surface area contributed by atoms with Gasteiger partial charge in [-0.2, -0.15) is 0 Å². The number of halogens is 1. The summed E-state index contributed by atoms with van der Waals surface area (Å²) in [5.74, 6) is 0.885. The van der Waals surface area contributed by atoms with Crippen LogP contribution in [0.2, 0.25) is 0 Å². The largest absolute Gasteiger partial charge is 0.489 e. The molecule has 0 saturated heterocycles. The summed E-state index contributed by atoms with van der Waals surface area (Å²) in [4.78, 5) is 4.70. The molecule has 3 rings (SSSR count). The number of benzene rings is 2. The first kappa shape index (κ1) is 14.3. The molecule has 2 nitrogen and oxygen atoms in total. The van der Waals surface area contributed by atoms with Gasteiger partial charge in [0.25, 0.3) is 0 Å². The van der Waals surface area contributed by atoms with Crippen LogP contribution in [0.3, 0.4) is 0 Å². The van der Waals surface area contributed by atoms with E-state index in [1.807, 2.05) is 30.3 Å². The van der Waals surface area contributed by atoms with Gasteiger partial charge in [-0.25, -0.2) is 0 Å². The van der Waals surface area contributed by atoms with Crippen molar-refractivity contribution >= 4 is 27.3 Å². The van der Waals surface area contributed by atoms with E-state index in [4.69, 9.17) is 9.73 Å². The predicted octanol–water partition coefficient (Wildman–Crippen LogP) is 5.37. The first-order chi connectivity index (χ1) is 10.1. The van der Waals surface area contributed by atoms with E-state index in [-0.39, 0.29) is 4.32 Å². The Kier molecular flexibility index (Phi) is 3.85. The van der Waals surface area contributed by atoms with E-state index in [0.717, 1.165) is 23.6 Å². The molecule has 1 unspecified atom stereocenters. The van der Waals surface area contributed by atoms with Crippen LogP contribution < -0.4 is 4.74 Å². The highest BCUT2D eigenvalue weighted by molar-refractivity contribution is 9.10. The standard InChI is InChI=1S/C18H18BrNO/c1-3-17-18(2,19)15-11-14(9-10-16(15)20-17)21-12-13-7-5-4-6-8-13/h4-11H,3,12H2,1-2H3. The molecule has 2 aromatic rings. The van der Waals surface area contributed by atoms with E-state index in [1.165, 1.54) is 11.1 Å². The summed E-state index contributed by atoms with van der Waals surface area (Å²) < 4.78 is 5.73. The molecular formula is C18H18BrNO. The minimum Gasteiger partial charge on any atom is -0.489 e. The lowest BCUT2D eigenvalue weighted by Crippen LogP contribution is -2.20. The normalized spacial score (nSPS) is 20.0. The lowest BCUT2D eigenvalue weighted by atomic mass is 9.96. The summed E-state index contributed by atoms with van der Waals surface area (Å²) in [5.41, 5.74) is 4.56. The Morgan fingerprint density at radius 1 is 1.14 bits per heavy atom. The maximum Gasteiger partial charge on any atom is 0.120 e. The van der Waals surface area contributed by atoms with E-state index >= 15 is 0 Å². The number of aliphatic imine (C=N–C) groups is 1. The molecular weight excluding hydrogens is 326 g/mol. The second kappa shape index (κ2) is 5.64. The zero-order valence-electron chi connectivity index (χ0n) is 12.3. The van der Waals surface area contributed by atoms with Gasteiger partial charge >= 0.3 is 0 Å². The van der Waals surface area contributed by atoms with Crippen molar-refractivity contribution in [3.05, 3.63) is 59.7 Å². The summed E-state index contributed by atoms with van der Waals surface area (Å²) in [6.07, 6.45) is 0.941. The summed E-state index contributed by atoms with van der Waals surface area (Å²) >= 11 is 3.81. The Morgan fingerprint density at radius 3 is 2.62 bits per heavy atom. The van der Waals surface area contributed by atoms with Gasteiger partial charge in [0.1, 0.15) is 12.4 Å². The summed E-state index contributed by atoms with van der Waals surface area (Å²) in [6, 6.07) is 16.3. The van der Waals surface area contributed by atoms with Crippen LogP contribution in [-0.2, 0) is 10.9 Å². The maximum atomic E-state index is 5.91. The summed E-state index contributed by atoms with van der Waals surface area (Å²) in [7, 11) is 0. The monoisotopic (exact) mass is 343 g/mol. The number of fused-ring (bicyclic) bond motifs is 1. The second-order valence-corrected chi connectivity index (χ2v) is 6.95. The van der Waals surface area contributed by atoms with Crippen LogP contribution in [0.5, 0.6) is 5.75 Å². The minimum absolute atomic E-state index is 0.177. The molecule has 0 spiro atoms. The first-order valence-electron chi connectivity index (χ1n) is 7.19. The van der Waals surface area contributed by atoms with Crippen molar-refractivity contribution in [3.63, 3.8) is 0 Å². The lowest BCUT2D eigenvalue weighted by Gasteiger charge is -2.19. The summed E-state index contributed by atoms with van der Waals surface area (Å²) in [6.45, 7) is 4.87. The number of hydrogen-bond acceptors (Lipinski definition) is 2. The van der Waals surface area contributed by atoms with E-state index in [9.17, 15) is 0 Å². The fraction of sp³-hybridized carbons (Fsp3) is 0.278. The van der Waals surface area contributed by atoms with Crippen LogP contribution in [0.15, 0.2) is 53.5 Å². The van der Waals surface area contributed by atoms with Gasteiger partial charge in [-0.1, -0.05) is 53.2 Å². The van der Waals surface area contributed by atoms with Gasteiger partial charge in [-0.3, -0.25) is 4.99 Å². The Labute approximate surface area is 134 Å². The third-order valence-corrected chi connectivity index (χ3v) is 4.74. The Bertz CT molecular complexity index is 677. The van der Waals surface area contributed by atoms with Crippen molar-refractivity contribution in [1.29, 1.82) is 0 Å². The van der Waals surface area contributed by atoms with E-state index in [0.29, 0.717) is 6.61 Å². The van der Waals surface area contributed by atoms with Crippen molar-refractivity contribution in [2.45, 2.75) is 31.2 Å². The predicted molar refractivity (Wildman–Crippen MR) is 90.9 cm³/mol. The SMILES string of the molecule is CCC1=Nc2ccc(OCc3ccccc3)cc2C1(C)Br. The van der Waals surface area contributed by atoms with Gasteiger partial charge < -0.3 is 4.74 Å². The van der Waals surface area contributed by atoms with Crippen LogP contribution in [0.4, 0.5) is 5.69 Å². The van der Waals surface area contributed by atoms with Gasteiger partial charge in [-0.15, -0.1) is 0 Å². The number of nitrogens with zero attached hydrogens (tertiary/aromatic N) is 1. The minimum atomic E-state index is -0.177. The quantitative estimate of drug-likeness (QED) is 0.683. The van der Waals surface area contributed by atoms with Crippen molar-refractivity contribution in [2.24, 2.45) is 4.99 Å². The van der Waals surface area contributed by atoms with Crippen molar-refractivity contribution in [3.8, 4) is 5.75 Å². The van der Waals surface area contributed by atoms with Crippen LogP contribution >= 0.6 is 15.9 Å². The molecule has 0 aliphatic carbocycles. The fourth-order valence-corrected chi connectivity index (χ4v) is 3.32. The Morgan fingerprint density at radius 2 is 1.90 bits per heavy atom. The number of rotatable bonds is 4. The Balaban J connectivity index is 1.80. The number of ether oxygens (including phenoxy) is 1. The number of hydrogen-bond donors (Lipinski definition) is 0. The van der Waals surface area contributed by atoms with E-state index < -0.39 is 0 Å². The van der Waals surface area contributed by atoms with Crippen molar-refractivity contribution in [1.82, 2.24) is 0 Å². The first-order valence-corrected chi connectivity index (χ1v) is 7.98. The highest BCUT2D eigenvalue weighted by Crippen LogP contribution is 2.46. The van der Waals surface area contributed by atoms with Crippen LogP contribution in [0.1, 0.15) is 31.4 Å². The molecule has 108 valence electrons. The zero-order valence-corrected chi connectivity index (χ0v) is 13.9. The van der Waals surface area contributed by atoms with Crippen molar-refractivity contribution < 1.29 is 4.74 Å². The fourth-order valence-electron chi connectivity index (χ4n) is 2.64. The highest BCUT2D eigenvalue weighted by Gasteiger charge is 2.35. The molecule has 21 heavy (non-hydrogen) atoms. The van der Waals surface area contributed by atoms with Crippen LogP contribution in [0, 0.1) is 0 Å². The third-order valence-electron chi connectivity index (χ3n) is 3.85. The number of alkyl halides is 1. The Hall–Kier alpha value is -1.61. The lowest BCUT2D eigenvalue weighted by molar-refractivity contribution is 0.306. The molecule has 0 bridgehead atoms. The molecule has 0 amide bonds. The molecule has 1 aliphatic heterocycles. The average Bonchev–Trinajstić information content (AvgIpc) is 2.77. The molecule has 0 radical (unpaired) electrons. The van der Waals surface area contributed by atoms with Gasteiger partial charge in [0.05, 0.1) is 10.0 Å². The zero-order chi connectivity index (χ0) is 14.9. The average molecular weight is 344 g/mol. The molecule has 0 fully saturated rings. The van der Waals surface area contributed by atoms with E-state index in [1.54, 1.807) is 0 Å². The van der Waals surface area contributed by atoms with E-state index in [2.05, 4.69) is 48.0 Å². The van der Waals surface area contributed by atoms with Crippen LogP contribution in [-0.4, -0.2) is 5.71 Å². The molecule has 1 atom stereocenters. The molecule has 0 N–H and O–H groups in total. The molecule has 1 aliphatic rings. The molecule has 3 heteroatoms. The second-order valence-electron chi connectivity index (χ2n) is 5.37. The molecule has 0 saturated carbocycles.